The summed E-state index contributed by atoms with van der Waals surface area (Å²) < 4.78 is 5.02. The van der Waals surface area contributed by atoms with Gasteiger partial charge in [-0.1, -0.05) is 6.07 Å². The van der Waals surface area contributed by atoms with Crippen LogP contribution in [0.15, 0.2) is 47.1 Å². The van der Waals surface area contributed by atoms with Crippen LogP contribution in [0.2, 0.25) is 0 Å². The van der Waals surface area contributed by atoms with Gasteiger partial charge in [-0.2, -0.15) is 0 Å². The number of nitrogens with zero attached hydrogens (tertiary/aromatic N) is 2. The minimum atomic E-state index is -0.383. The van der Waals surface area contributed by atoms with E-state index in [1.807, 2.05) is 0 Å². The first-order chi connectivity index (χ1) is 11.4. The molecular weight excluding hydrogens is 310 g/mol. The van der Waals surface area contributed by atoms with Gasteiger partial charge in [0.05, 0.1) is 12.8 Å². The van der Waals surface area contributed by atoms with E-state index < -0.39 is 0 Å². The van der Waals surface area contributed by atoms with Crippen LogP contribution in [0.3, 0.4) is 0 Å². The van der Waals surface area contributed by atoms with E-state index in [1.165, 1.54) is 29.2 Å². The van der Waals surface area contributed by atoms with Crippen molar-refractivity contribution >= 4 is 23.4 Å². The van der Waals surface area contributed by atoms with E-state index in [1.54, 1.807) is 44.4 Å². The average molecular weight is 329 g/mol. The van der Waals surface area contributed by atoms with Gasteiger partial charge in [-0.25, -0.2) is 0 Å². The van der Waals surface area contributed by atoms with E-state index in [2.05, 4.69) is 5.32 Å². The highest BCUT2D eigenvalue weighted by Crippen LogP contribution is 2.12. The number of amides is 3. The molecule has 1 aromatic carbocycles. The molecule has 0 unspecified atom stereocenters. The summed E-state index contributed by atoms with van der Waals surface area (Å²) >= 11 is 0. The van der Waals surface area contributed by atoms with Crippen molar-refractivity contribution in [2.75, 3.05) is 33.0 Å². The number of benzene rings is 1. The molecule has 0 spiro atoms. The molecule has 0 bridgehead atoms. The molecule has 126 valence electrons. The lowest BCUT2D eigenvalue weighted by molar-refractivity contribution is -0.116. The molecule has 1 heterocycles. The van der Waals surface area contributed by atoms with Crippen LogP contribution in [0.1, 0.15) is 20.9 Å². The third-order valence-electron chi connectivity index (χ3n) is 3.26. The van der Waals surface area contributed by atoms with Crippen LogP contribution in [0.25, 0.3) is 0 Å². The topological polar surface area (TPSA) is 82.9 Å². The molecule has 0 fully saturated rings. The largest absolute Gasteiger partial charge is 0.459 e. The molecule has 0 atom stereocenters. The van der Waals surface area contributed by atoms with E-state index in [0.29, 0.717) is 11.3 Å². The quantitative estimate of drug-likeness (QED) is 0.905. The second-order valence-corrected chi connectivity index (χ2v) is 5.47. The van der Waals surface area contributed by atoms with Crippen LogP contribution in [0.5, 0.6) is 0 Å². The van der Waals surface area contributed by atoms with Gasteiger partial charge in [0.1, 0.15) is 0 Å². The van der Waals surface area contributed by atoms with Gasteiger partial charge in [0.15, 0.2) is 5.76 Å². The summed E-state index contributed by atoms with van der Waals surface area (Å²) in [6.07, 6.45) is 1.40. The molecule has 0 aliphatic rings. The Morgan fingerprint density at radius 1 is 1.04 bits per heavy atom. The Labute approximate surface area is 139 Å². The third-order valence-corrected chi connectivity index (χ3v) is 3.26. The monoisotopic (exact) mass is 329 g/mol. The van der Waals surface area contributed by atoms with Gasteiger partial charge in [-0.15, -0.1) is 0 Å². The molecule has 0 saturated carbocycles. The zero-order valence-corrected chi connectivity index (χ0v) is 13.8. The first kappa shape index (κ1) is 17.3. The number of hydrogen-bond acceptors (Lipinski definition) is 4. The Balaban J connectivity index is 1.98. The van der Waals surface area contributed by atoms with Crippen LogP contribution >= 0.6 is 0 Å². The highest BCUT2D eigenvalue weighted by molar-refractivity contribution is 5.99. The molecule has 0 radical (unpaired) electrons. The van der Waals surface area contributed by atoms with Gasteiger partial charge < -0.3 is 19.5 Å². The second kappa shape index (κ2) is 7.45. The zero-order chi connectivity index (χ0) is 17.7. The lowest BCUT2D eigenvalue weighted by atomic mass is 10.2. The standard InChI is InChI=1S/C17H19N3O4/c1-19(2)16(22)12-6-4-7-13(10-12)18-15(21)11-20(3)17(23)14-8-5-9-24-14/h4-10H,11H2,1-3H3,(H,18,21). The van der Waals surface area contributed by atoms with Gasteiger partial charge in [0.25, 0.3) is 11.8 Å². The number of carbonyl (C=O) groups excluding carboxylic acids is 3. The Morgan fingerprint density at radius 3 is 2.42 bits per heavy atom. The van der Waals surface area contributed by atoms with E-state index in [9.17, 15) is 14.4 Å². The van der Waals surface area contributed by atoms with E-state index in [4.69, 9.17) is 4.42 Å². The maximum Gasteiger partial charge on any atom is 0.289 e. The lowest BCUT2D eigenvalue weighted by Crippen LogP contribution is -2.34. The molecule has 2 aromatic rings. The molecule has 0 saturated heterocycles. The Hall–Kier alpha value is -3.09. The first-order valence-electron chi connectivity index (χ1n) is 7.29. The lowest BCUT2D eigenvalue weighted by Gasteiger charge is -2.16. The van der Waals surface area contributed by atoms with Gasteiger partial charge >= 0.3 is 0 Å². The van der Waals surface area contributed by atoms with Crippen molar-refractivity contribution in [3.63, 3.8) is 0 Å². The van der Waals surface area contributed by atoms with Crippen molar-refractivity contribution in [3.05, 3.63) is 54.0 Å². The zero-order valence-electron chi connectivity index (χ0n) is 13.8. The number of furan rings is 1. The fraction of sp³-hybridized carbons (Fsp3) is 0.235. The van der Waals surface area contributed by atoms with Crippen molar-refractivity contribution in [2.45, 2.75) is 0 Å². The Bertz CT molecular complexity index is 738. The molecule has 0 aliphatic heterocycles. The van der Waals surface area contributed by atoms with Crippen molar-refractivity contribution in [1.82, 2.24) is 9.80 Å². The molecule has 1 aromatic heterocycles. The molecule has 2 rings (SSSR count). The minimum absolute atomic E-state index is 0.134. The summed E-state index contributed by atoms with van der Waals surface area (Å²) in [6.45, 7) is -0.134. The second-order valence-electron chi connectivity index (χ2n) is 5.47. The van der Waals surface area contributed by atoms with Crippen LogP contribution in [0.4, 0.5) is 5.69 Å². The summed E-state index contributed by atoms with van der Waals surface area (Å²) in [5, 5.41) is 2.67. The molecule has 0 aliphatic carbocycles. The van der Waals surface area contributed by atoms with Crippen molar-refractivity contribution < 1.29 is 18.8 Å². The van der Waals surface area contributed by atoms with Crippen molar-refractivity contribution in [1.29, 1.82) is 0 Å². The first-order valence-corrected chi connectivity index (χ1v) is 7.29. The van der Waals surface area contributed by atoms with E-state index in [-0.39, 0.29) is 30.0 Å². The number of carbonyl (C=O) groups is 3. The van der Waals surface area contributed by atoms with E-state index in [0.717, 1.165) is 0 Å². The van der Waals surface area contributed by atoms with Gasteiger partial charge in [-0.05, 0) is 30.3 Å². The Kier molecular flexibility index (Phi) is 5.36. The predicted octanol–water partition coefficient (Wildman–Crippen LogP) is 1.69. The van der Waals surface area contributed by atoms with E-state index >= 15 is 0 Å². The summed E-state index contributed by atoms with van der Waals surface area (Å²) in [5.41, 5.74) is 0.962. The summed E-state index contributed by atoms with van der Waals surface area (Å²) in [6, 6.07) is 9.77. The summed E-state index contributed by atoms with van der Waals surface area (Å²) in [7, 11) is 4.82. The summed E-state index contributed by atoms with van der Waals surface area (Å²) in [4.78, 5) is 38.7. The average Bonchev–Trinajstić information content (AvgIpc) is 3.07. The number of likely N-dealkylation sites (N-methyl/N-ethyl adjacent to an activating group) is 1. The van der Waals surface area contributed by atoms with Crippen molar-refractivity contribution in [3.8, 4) is 0 Å². The molecule has 1 N–H and O–H groups in total. The number of hydrogen-bond donors (Lipinski definition) is 1. The predicted molar refractivity (Wildman–Crippen MR) is 88.8 cm³/mol. The number of rotatable bonds is 5. The smallest absolute Gasteiger partial charge is 0.289 e. The van der Waals surface area contributed by atoms with Crippen LogP contribution in [-0.2, 0) is 4.79 Å². The van der Waals surface area contributed by atoms with Crippen LogP contribution in [0, 0.1) is 0 Å². The molecular formula is C17H19N3O4. The Morgan fingerprint density at radius 2 is 1.79 bits per heavy atom. The number of nitrogens with one attached hydrogen (secondary N) is 1. The molecule has 3 amide bonds. The van der Waals surface area contributed by atoms with Gasteiger partial charge in [-0.3, -0.25) is 14.4 Å². The third kappa shape index (κ3) is 4.22. The highest BCUT2D eigenvalue weighted by atomic mass is 16.3. The maximum atomic E-state index is 12.1. The maximum absolute atomic E-state index is 12.1. The summed E-state index contributed by atoms with van der Waals surface area (Å²) in [5.74, 6) is -0.737. The molecule has 7 nitrogen and oxygen atoms in total. The number of anilines is 1. The normalized spacial score (nSPS) is 10.1. The highest BCUT2D eigenvalue weighted by Gasteiger charge is 2.17. The fourth-order valence-corrected chi connectivity index (χ4v) is 2.06. The van der Waals surface area contributed by atoms with Gasteiger partial charge in [0.2, 0.25) is 5.91 Å². The molecule has 24 heavy (non-hydrogen) atoms. The fourth-order valence-electron chi connectivity index (χ4n) is 2.06. The van der Waals surface area contributed by atoms with Crippen LogP contribution in [-0.4, -0.2) is 55.2 Å². The van der Waals surface area contributed by atoms with Crippen molar-refractivity contribution in [2.24, 2.45) is 0 Å². The SMILES string of the molecule is CN(C)C(=O)c1cccc(NC(=O)CN(C)C(=O)c2ccco2)c1. The molecule has 7 heteroatoms. The van der Waals surface area contributed by atoms with Gasteiger partial charge in [0, 0.05) is 32.4 Å². The minimum Gasteiger partial charge on any atom is -0.459 e. The van der Waals surface area contributed by atoms with Crippen LogP contribution < -0.4 is 5.32 Å².